The van der Waals surface area contributed by atoms with Gasteiger partial charge in [0.1, 0.15) is 0 Å². The van der Waals surface area contributed by atoms with Gasteiger partial charge in [0.2, 0.25) is 0 Å². The van der Waals surface area contributed by atoms with Crippen molar-refractivity contribution in [1.82, 2.24) is 10.2 Å². The largest absolute Gasteiger partial charge is 0.379 e. The molecule has 0 spiro atoms. The second-order valence-corrected chi connectivity index (χ2v) is 7.21. The number of rotatable bonds is 7. The summed E-state index contributed by atoms with van der Waals surface area (Å²) in [6, 6.07) is 1.34. The predicted molar refractivity (Wildman–Crippen MR) is 89.7 cm³/mol. The SMILES string of the molecule is CCCNC1CCC(CCC)CC1CN1CCOCC1C. The lowest BCUT2D eigenvalue weighted by Gasteiger charge is -2.42. The highest BCUT2D eigenvalue weighted by Gasteiger charge is 2.32. The van der Waals surface area contributed by atoms with Gasteiger partial charge in [-0.1, -0.05) is 26.7 Å². The smallest absolute Gasteiger partial charge is 0.0619 e. The number of nitrogens with zero attached hydrogens (tertiary/aromatic N) is 1. The molecule has 2 rings (SSSR count). The van der Waals surface area contributed by atoms with E-state index in [1.807, 2.05) is 0 Å². The Morgan fingerprint density at radius 3 is 2.76 bits per heavy atom. The lowest BCUT2D eigenvalue weighted by molar-refractivity contribution is -0.0148. The maximum absolute atomic E-state index is 5.60. The second-order valence-electron chi connectivity index (χ2n) is 7.21. The number of hydrogen-bond acceptors (Lipinski definition) is 3. The third kappa shape index (κ3) is 5.22. The molecule has 0 aromatic carbocycles. The van der Waals surface area contributed by atoms with Crippen molar-refractivity contribution in [2.45, 2.75) is 71.4 Å². The zero-order chi connectivity index (χ0) is 15.1. The van der Waals surface area contributed by atoms with Crippen molar-refractivity contribution in [2.75, 3.05) is 32.8 Å². The molecule has 21 heavy (non-hydrogen) atoms. The average molecular weight is 296 g/mol. The molecule has 1 aliphatic heterocycles. The van der Waals surface area contributed by atoms with Gasteiger partial charge in [-0.2, -0.15) is 0 Å². The second kappa shape index (κ2) is 9.12. The van der Waals surface area contributed by atoms with Crippen molar-refractivity contribution < 1.29 is 4.74 Å². The van der Waals surface area contributed by atoms with Crippen LogP contribution in [0.1, 0.15) is 59.3 Å². The summed E-state index contributed by atoms with van der Waals surface area (Å²) in [4.78, 5) is 2.67. The number of hydrogen-bond donors (Lipinski definition) is 1. The Morgan fingerprint density at radius 2 is 2.05 bits per heavy atom. The van der Waals surface area contributed by atoms with Crippen LogP contribution in [0.25, 0.3) is 0 Å². The van der Waals surface area contributed by atoms with Crippen molar-refractivity contribution >= 4 is 0 Å². The monoisotopic (exact) mass is 296 g/mol. The van der Waals surface area contributed by atoms with Gasteiger partial charge < -0.3 is 10.1 Å². The topological polar surface area (TPSA) is 24.5 Å². The summed E-state index contributed by atoms with van der Waals surface area (Å²) in [7, 11) is 0. The molecule has 2 aliphatic rings. The van der Waals surface area contributed by atoms with Crippen LogP contribution in [0.4, 0.5) is 0 Å². The summed E-state index contributed by atoms with van der Waals surface area (Å²) in [6.45, 7) is 12.3. The first-order chi connectivity index (χ1) is 10.2. The molecule has 4 unspecified atom stereocenters. The van der Waals surface area contributed by atoms with E-state index in [1.54, 1.807) is 0 Å². The molecule has 3 heteroatoms. The van der Waals surface area contributed by atoms with E-state index in [0.717, 1.165) is 37.6 Å². The minimum absolute atomic E-state index is 0.595. The van der Waals surface area contributed by atoms with Crippen LogP contribution in [0.15, 0.2) is 0 Å². The van der Waals surface area contributed by atoms with Crippen molar-refractivity contribution in [2.24, 2.45) is 11.8 Å². The average Bonchev–Trinajstić information content (AvgIpc) is 2.49. The minimum atomic E-state index is 0.595. The van der Waals surface area contributed by atoms with E-state index in [4.69, 9.17) is 4.74 Å². The number of nitrogens with one attached hydrogen (secondary N) is 1. The van der Waals surface area contributed by atoms with E-state index >= 15 is 0 Å². The summed E-state index contributed by atoms with van der Waals surface area (Å²) in [5, 5.41) is 3.83. The third-order valence-corrected chi connectivity index (χ3v) is 5.42. The number of ether oxygens (including phenoxy) is 1. The Hall–Kier alpha value is -0.120. The molecule has 1 N–H and O–H groups in total. The first-order valence-electron chi connectivity index (χ1n) is 9.29. The quantitative estimate of drug-likeness (QED) is 0.780. The van der Waals surface area contributed by atoms with E-state index in [9.17, 15) is 0 Å². The fourth-order valence-corrected chi connectivity index (χ4v) is 4.17. The highest BCUT2D eigenvalue weighted by molar-refractivity contribution is 4.88. The Balaban J connectivity index is 1.91. The van der Waals surface area contributed by atoms with Crippen LogP contribution in [0.5, 0.6) is 0 Å². The standard InChI is InChI=1S/C18H36N2O/c1-4-6-16-7-8-18(19-9-5-2)17(12-16)13-20-10-11-21-14-15(20)3/h15-19H,4-14H2,1-3H3. The summed E-state index contributed by atoms with van der Waals surface area (Å²) in [5.74, 6) is 1.80. The molecule has 4 atom stereocenters. The first kappa shape index (κ1) is 17.2. The fourth-order valence-electron chi connectivity index (χ4n) is 4.17. The van der Waals surface area contributed by atoms with Gasteiger partial charge in [-0.05, 0) is 51.0 Å². The fraction of sp³-hybridized carbons (Fsp3) is 1.00. The van der Waals surface area contributed by atoms with Crippen molar-refractivity contribution in [3.05, 3.63) is 0 Å². The van der Waals surface area contributed by atoms with E-state index < -0.39 is 0 Å². The van der Waals surface area contributed by atoms with Gasteiger partial charge in [0, 0.05) is 25.2 Å². The first-order valence-corrected chi connectivity index (χ1v) is 9.29. The Labute approximate surface area is 131 Å². The summed E-state index contributed by atoms with van der Waals surface area (Å²) in [5.41, 5.74) is 0. The zero-order valence-electron chi connectivity index (χ0n) is 14.4. The van der Waals surface area contributed by atoms with E-state index in [2.05, 4.69) is 31.0 Å². The Bertz CT molecular complexity index is 284. The molecule has 0 bridgehead atoms. The summed E-state index contributed by atoms with van der Waals surface area (Å²) in [6.07, 6.45) is 8.27. The zero-order valence-corrected chi connectivity index (χ0v) is 14.4. The van der Waals surface area contributed by atoms with Gasteiger partial charge in [-0.15, -0.1) is 0 Å². The molecule has 2 fully saturated rings. The molecule has 3 nitrogen and oxygen atoms in total. The Kier molecular flexibility index (Phi) is 7.48. The third-order valence-electron chi connectivity index (χ3n) is 5.42. The van der Waals surface area contributed by atoms with Crippen molar-refractivity contribution in [3.63, 3.8) is 0 Å². The lowest BCUT2D eigenvalue weighted by Crippen LogP contribution is -2.51. The van der Waals surface area contributed by atoms with Crippen LogP contribution in [0.3, 0.4) is 0 Å². The normalized spacial score (nSPS) is 35.0. The van der Waals surface area contributed by atoms with E-state index in [0.29, 0.717) is 6.04 Å². The van der Waals surface area contributed by atoms with E-state index in [-0.39, 0.29) is 0 Å². The van der Waals surface area contributed by atoms with E-state index in [1.165, 1.54) is 51.6 Å². The van der Waals surface area contributed by atoms with Gasteiger partial charge in [-0.25, -0.2) is 0 Å². The van der Waals surface area contributed by atoms with Crippen LogP contribution in [-0.2, 0) is 4.74 Å². The van der Waals surface area contributed by atoms with Crippen LogP contribution < -0.4 is 5.32 Å². The highest BCUT2D eigenvalue weighted by atomic mass is 16.5. The van der Waals surface area contributed by atoms with Crippen LogP contribution in [0.2, 0.25) is 0 Å². The predicted octanol–water partition coefficient (Wildman–Crippen LogP) is 3.29. The van der Waals surface area contributed by atoms with Crippen LogP contribution in [-0.4, -0.2) is 49.8 Å². The minimum Gasteiger partial charge on any atom is -0.379 e. The Morgan fingerprint density at radius 1 is 1.19 bits per heavy atom. The summed E-state index contributed by atoms with van der Waals surface area (Å²) >= 11 is 0. The molecule has 0 radical (unpaired) electrons. The molecule has 1 saturated heterocycles. The lowest BCUT2D eigenvalue weighted by atomic mass is 9.76. The van der Waals surface area contributed by atoms with Gasteiger partial charge >= 0.3 is 0 Å². The molecule has 1 heterocycles. The van der Waals surface area contributed by atoms with Gasteiger partial charge in [0.15, 0.2) is 0 Å². The highest BCUT2D eigenvalue weighted by Crippen LogP contribution is 2.33. The summed E-state index contributed by atoms with van der Waals surface area (Å²) < 4.78 is 5.60. The molecule has 1 saturated carbocycles. The van der Waals surface area contributed by atoms with Crippen LogP contribution in [0, 0.1) is 11.8 Å². The molecule has 0 aromatic heterocycles. The molecule has 1 aliphatic carbocycles. The maximum Gasteiger partial charge on any atom is 0.0619 e. The van der Waals surface area contributed by atoms with Crippen LogP contribution >= 0.6 is 0 Å². The molecule has 0 aromatic rings. The van der Waals surface area contributed by atoms with Gasteiger partial charge in [-0.3, -0.25) is 4.90 Å². The van der Waals surface area contributed by atoms with Crippen molar-refractivity contribution in [3.8, 4) is 0 Å². The number of morpholine rings is 1. The molecule has 0 amide bonds. The van der Waals surface area contributed by atoms with Crippen molar-refractivity contribution in [1.29, 1.82) is 0 Å². The van der Waals surface area contributed by atoms with Gasteiger partial charge in [0.05, 0.1) is 13.2 Å². The molecular formula is C18H36N2O. The maximum atomic E-state index is 5.60. The molecular weight excluding hydrogens is 260 g/mol. The van der Waals surface area contributed by atoms with Gasteiger partial charge in [0.25, 0.3) is 0 Å². The molecule has 124 valence electrons.